The van der Waals surface area contributed by atoms with Crippen molar-refractivity contribution in [3.8, 4) is 0 Å². The predicted molar refractivity (Wildman–Crippen MR) is 48.1 cm³/mol. The first-order valence-corrected chi connectivity index (χ1v) is 4.21. The molecule has 0 N–H and O–H groups in total. The highest BCUT2D eigenvalue weighted by molar-refractivity contribution is 5.08. The van der Waals surface area contributed by atoms with E-state index in [4.69, 9.17) is 0 Å². The fourth-order valence-corrected chi connectivity index (χ4v) is 0.861. The quantitative estimate of drug-likeness (QED) is 0.523. The lowest BCUT2D eigenvalue weighted by Crippen LogP contribution is -2.10. The zero-order chi connectivity index (χ0) is 8.20. The minimum absolute atomic E-state index is 0.413. The van der Waals surface area contributed by atoms with Crippen molar-refractivity contribution in [1.29, 1.82) is 0 Å². The Kier molecular flexibility index (Phi) is 3.70. The van der Waals surface area contributed by atoms with Gasteiger partial charge in [0.1, 0.15) is 0 Å². The third kappa shape index (κ3) is 2.55. The maximum atomic E-state index is 2.32. The maximum Gasteiger partial charge on any atom is -0.0150 e. The Balaban J connectivity index is 4.17. The first-order valence-electron chi connectivity index (χ1n) is 4.21. The molecule has 0 aliphatic heterocycles. The molecule has 0 saturated carbocycles. The van der Waals surface area contributed by atoms with Gasteiger partial charge in [-0.25, -0.2) is 0 Å². The first kappa shape index (κ1) is 9.74. The summed E-state index contributed by atoms with van der Waals surface area (Å²) in [5.74, 6) is 0. The van der Waals surface area contributed by atoms with Gasteiger partial charge in [0.05, 0.1) is 0 Å². The van der Waals surface area contributed by atoms with Crippen LogP contribution in [-0.4, -0.2) is 0 Å². The number of hydrogen-bond donors (Lipinski definition) is 0. The fraction of sp³-hybridized carbons (Fsp3) is 0.800. The van der Waals surface area contributed by atoms with E-state index in [1.54, 1.807) is 0 Å². The second-order valence-electron chi connectivity index (χ2n) is 3.53. The van der Waals surface area contributed by atoms with Crippen LogP contribution in [-0.2, 0) is 0 Å². The molecule has 0 fully saturated rings. The molecule has 0 unspecified atom stereocenters. The number of rotatable bonds is 3. The van der Waals surface area contributed by atoms with Gasteiger partial charge < -0.3 is 0 Å². The molecule has 0 amide bonds. The molecule has 0 aromatic rings. The summed E-state index contributed by atoms with van der Waals surface area (Å²) in [5.41, 5.74) is 1.94. The van der Waals surface area contributed by atoms with E-state index >= 15 is 0 Å². The molecular weight excluding hydrogens is 120 g/mol. The van der Waals surface area contributed by atoms with E-state index in [2.05, 4.69) is 40.7 Å². The van der Waals surface area contributed by atoms with E-state index in [0.717, 1.165) is 6.42 Å². The van der Waals surface area contributed by atoms with Crippen LogP contribution in [0.15, 0.2) is 11.6 Å². The van der Waals surface area contributed by atoms with Crippen molar-refractivity contribution < 1.29 is 0 Å². The van der Waals surface area contributed by atoms with Gasteiger partial charge in [-0.15, -0.1) is 0 Å². The predicted octanol–water partition coefficient (Wildman–Crippen LogP) is 3.78. The summed E-state index contributed by atoms with van der Waals surface area (Å²) in [5, 5.41) is 0. The number of allylic oxidation sites excluding steroid dienone is 2. The molecule has 0 heteroatoms. The molecule has 0 nitrogen and oxygen atoms in total. The summed E-state index contributed by atoms with van der Waals surface area (Å²) < 4.78 is 0. The minimum atomic E-state index is 0.413. The van der Waals surface area contributed by atoms with Crippen LogP contribution < -0.4 is 0 Å². The van der Waals surface area contributed by atoms with Gasteiger partial charge in [-0.3, -0.25) is 0 Å². The Bertz CT molecular complexity index is 118. The highest BCUT2D eigenvalue weighted by Crippen LogP contribution is 2.29. The third-order valence-corrected chi connectivity index (χ3v) is 2.46. The molecule has 0 bridgehead atoms. The zero-order valence-corrected chi connectivity index (χ0v) is 7.99. The van der Waals surface area contributed by atoms with E-state index in [1.165, 1.54) is 12.0 Å². The molecule has 60 valence electrons. The summed E-state index contributed by atoms with van der Waals surface area (Å²) in [6.07, 6.45) is 4.72. The third-order valence-electron chi connectivity index (χ3n) is 2.46. The van der Waals surface area contributed by atoms with Crippen LogP contribution in [0, 0.1) is 5.41 Å². The van der Waals surface area contributed by atoms with Gasteiger partial charge in [0.15, 0.2) is 0 Å². The van der Waals surface area contributed by atoms with Gasteiger partial charge in [-0.1, -0.05) is 39.3 Å². The SMILES string of the molecule is CCC=C(C)C(C)(C)CC. The van der Waals surface area contributed by atoms with Crippen LogP contribution in [0.2, 0.25) is 0 Å². The normalized spacial score (nSPS) is 13.9. The van der Waals surface area contributed by atoms with E-state index in [9.17, 15) is 0 Å². The fourth-order valence-electron chi connectivity index (χ4n) is 0.861. The van der Waals surface area contributed by atoms with Crippen molar-refractivity contribution in [2.24, 2.45) is 5.41 Å². The Morgan fingerprint density at radius 2 is 1.80 bits per heavy atom. The van der Waals surface area contributed by atoms with Crippen LogP contribution in [0.5, 0.6) is 0 Å². The van der Waals surface area contributed by atoms with E-state index in [-0.39, 0.29) is 0 Å². The smallest absolute Gasteiger partial charge is 0.0150 e. The number of hydrogen-bond acceptors (Lipinski definition) is 0. The van der Waals surface area contributed by atoms with Gasteiger partial charge in [0, 0.05) is 0 Å². The van der Waals surface area contributed by atoms with Crippen LogP contribution in [0.3, 0.4) is 0 Å². The zero-order valence-electron chi connectivity index (χ0n) is 7.99. The Morgan fingerprint density at radius 3 is 2.10 bits per heavy atom. The van der Waals surface area contributed by atoms with Crippen LogP contribution in [0.1, 0.15) is 47.5 Å². The van der Waals surface area contributed by atoms with Crippen LogP contribution >= 0.6 is 0 Å². The van der Waals surface area contributed by atoms with E-state index in [0.29, 0.717) is 5.41 Å². The van der Waals surface area contributed by atoms with E-state index in [1.807, 2.05) is 0 Å². The average molecular weight is 140 g/mol. The standard InChI is InChI=1S/C10H20/c1-6-8-9(3)10(4,5)7-2/h8H,6-7H2,1-5H3. The largest absolute Gasteiger partial charge is 0.0853 e. The molecule has 0 spiro atoms. The van der Waals surface area contributed by atoms with Gasteiger partial charge in [0.2, 0.25) is 0 Å². The second kappa shape index (κ2) is 3.80. The Morgan fingerprint density at radius 1 is 1.30 bits per heavy atom. The van der Waals surface area contributed by atoms with Crippen molar-refractivity contribution in [3.63, 3.8) is 0 Å². The van der Waals surface area contributed by atoms with E-state index < -0.39 is 0 Å². The van der Waals surface area contributed by atoms with Crippen LogP contribution in [0.25, 0.3) is 0 Å². The van der Waals surface area contributed by atoms with Crippen molar-refractivity contribution in [1.82, 2.24) is 0 Å². The topological polar surface area (TPSA) is 0 Å². The second-order valence-corrected chi connectivity index (χ2v) is 3.53. The molecule has 10 heavy (non-hydrogen) atoms. The first-order chi connectivity index (χ1) is 4.54. The Labute approximate surface area is 65.3 Å². The Hall–Kier alpha value is -0.260. The molecule has 0 atom stereocenters. The summed E-state index contributed by atoms with van der Waals surface area (Å²) in [4.78, 5) is 0. The highest BCUT2D eigenvalue weighted by atomic mass is 14.2. The molecule has 0 aliphatic rings. The molecule has 0 saturated heterocycles. The van der Waals surface area contributed by atoms with Crippen molar-refractivity contribution in [2.75, 3.05) is 0 Å². The monoisotopic (exact) mass is 140 g/mol. The summed E-state index contributed by atoms with van der Waals surface area (Å²) in [6, 6.07) is 0. The summed E-state index contributed by atoms with van der Waals surface area (Å²) >= 11 is 0. The van der Waals surface area contributed by atoms with Crippen molar-refractivity contribution in [2.45, 2.75) is 47.5 Å². The minimum Gasteiger partial charge on any atom is -0.0853 e. The highest BCUT2D eigenvalue weighted by Gasteiger charge is 2.15. The van der Waals surface area contributed by atoms with Crippen LogP contribution in [0.4, 0.5) is 0 Å². The van der Waals surface area contributed by atoms with Gasteiger partial charge in [-0.2, -0.15) is 0 Å². The molecule has 0 heterocycles. The lowest BCUT2D eigenvalue weighted by atomic mass is 9.82. The molecule has 0 aromatic carbocycles. The molecular formula is C10H20. The molecule has 0 aromatic heterocycles. The lowest BCUT2D eigenvalue weighted by molar-refractivity contribution is 0.428. The van der Waals surface area contributed by atoms with Crippen molar-refractivity contribution >= 4 is 0 Å². The maximum absolute atomic E-state index is 2.32. The van der Waals surface area contributed by atoms with Gasteiger partial charge in [0.25, 0.3) is 0 Å². The van der Waals surface area contributed by atoms with Gasteiger partial charge >= 0.3 is 0 Å². The molecule has 0 rings (SSSR count). The lowest BCUT2D eigenvalue weighted by Gasteiger charge is -2.23. The van der Waals surface area contributed by atoms with Crippen molar-refractivity contribution in [3.05, 3.63) is 11.6 Å². The summed E-state index contributed by atoms with van der Waals surface area (Å²) in [7, 11) is 0. The average Bonchev–Trinajstić information content (AvgIpc) is 1.89. The van der Waals surface area contributed by atoms with Gasteiger partial charge in [-0.05, 0) is 25.2 Å². The molecule has 0 radical (unpaired) electrons. The summed E-state index contributed by atoms with van der Waals surface area (Å²) in [6.45, 7) is 11.3. The molecule has 0 aliphatic carbocycles.